The van der Waals surface area contributed by atoms with Gasteiger partial charge in [-0.15, -0.1) is 0 Å². The molecule has 21 heavy (non-hydrogen) atoms. The summed E-state index contributed by atoms with van der Waals surface area (Å²) in [6, 6.07) is 2.00. The molecule has 1 aromatic heterocycles. The molecule has 0 aromatic carbocycles. The standard InChI is InChI=1S/C14H18N4O3/c1-14(8-15,9-20-2)18-13(19)11-5-17-12(6-16-11)21-7-10-3-4-10/h5-6,10H,3-4,7,9H2,1-2H3,(H,18,19)/t14-/m1/s1. The molecule has 1 aliphatic rings. The molecule has 112 valence electrons. The Morgan fingerprint density at radius 3 is 2.81 bits per heavy atom. The summed E-state index contributed by atoms with van der Waals surface area (Å²) in [7, 11) is 1.47. The molecule has 0 aliphatic heterocycles. The van der Waals surface area contributed by atoms with E-state index >= 15 is 0 Å². The molecule has 1 heterocycles. The molecule has 0 radical (unpaired) electrons. The first-order valence-corrected chi connectivity index (χ1v) is 6.74. The summed E-state index contributed by atoms with van der Waals surface area (Å²) in [5.41, 5.74) is -0.972. The number of methoxy groups -OCH3 is 1. The monoisotopic (exact) mass is 290 g/mol. The van der Waals surface area contributed by atoms with Crippen molar-refractivity contribution in [1.82, 2.24) is 15.3 Å². The molecule has 1 aliphatic carbocycles. The number of hydrogen-bond donors (Lipinski definition) is 1. The number of hydrogen-bond acceptors (Lipinski definition) is 6. The highest BCUT2D eigenvalue weighted by Gasteiger charge is 2.27. The van der Waals surface area contributed by atoms with E-state index < -0.39 is 11.4 Å². The van der Waals surface area contributed by atoms with Crippen molar-refractivity contribution in [3.63, 3.8) is 0 Å². The third kappa shape index (κ3) is 4.39. The number of carbonyl (C=O) groups excluding carboxylic acids is 1. The van der Waals surface area contributed by atoms with Crippen LogP contribution in [-0.2, 0) is 4.74 Å². The van der Waals surface area contributed by atoms with Gasteiger partial charge in [0.1, 0.15) is 11.2 Å². The number of ether oxygens (including phenoxy) is 2. The predicted molar refractivity (Wildman–Crippen MR) is 73.6 cm³/mol. The zero-order valence-electron chi connectivity index (χ0n) is 12.1. The van der Waals surface area contributed by atoms with E-state index in [0.29, 0.717) is 18.4 Å². The zero-order valence-corrected chi connectivity index (χ0v) is 12.1. The summed E-state index contributed by atoms with van der Waals surface area (Å²) in [5, 5.41) is 11.7. The molecule has 0 saturated heterocycles. The summed E-state index contributed by atoms with van der Waals surface area (Å²) in [6.45, 7) is 2.31. The number of rotatable bonds is 7. The van der Waals surface area contributed by atoms with Crippen molar-refractivity contribution < 1.29 is 14.3 Å². The van der Waals surface area contributed by atoms with Crippen LogP contribution in [0.3, 0.4) is 0 Å². The lowest BCUT2D eigenvalue weighted by atomic mass is 10.1. The maximum absolute atomic E-state index is 12.0. The summed E-state index contributed by atoms with van der Waals surface area (Å²) in [5.74, 6) is 0.552. The first-order valence-electron chi connectivity index (χ1n) is 6.74. The van der Waals surface area contributed by atoms with E-state index in [1.165, 1.54) is 32.3 Å². The second kappa shape index (κ2) is 6.50. The van der Waals surface area contributed by atoms with E-state index in [1.54, 1.807) is 6.92 Å². The highest BCUT2D eigenvalue weighted by atomic mass is 16.5. The Kier molecular flexibility index (Phi) is 4.70. The molecule has 1 fully saturated rings. The van der Waals surface area contributed by atoms with Crippen molar-refractivity contribution in [1.29, 1.82) is 5.26 Å². The fourth-order valence-corrected chi connectivity index (χ4v) is 1.70. The molecule has 1 saturated carbocycles. The van der Waals surface area contributed by atoms with Gasteiger partial charge in [0.2, 0.25) is 5.88 Å². The fourth-order valence-electron chi connectivity index (χ4n) is 1.70. The first-order chi connectivity index (χ1) is 10.1. The van der Waals surface area contributed by atoms with Crippen LogP contribution in [-0.4, -0.2) is 41.7 Å². The van der Waals surface area contributed by atoms with Gasteiger partial charge in [-0.25, -0.2) is 9.97 Å². The zero-order chi connectivity index (χ0) is 15.3. The molecule has 7 heteroatoms. The van der Waals surface area contributed by atoms with Gasteiger partial charge in [0.25, 0.3) is 5.91 Å². The van der Waals surface area contributed by atoms with E-state index in [-0.39, 0.29) is 12.3 Å². The van der Waals surface area contributed by atoms with E-state index in [4.69, 9.17) is 14.7 Å². The molecule has 0 unspecified atom stereocenters. The molecule has 1 atom stereocenters. The van der Waals surface area contributed by atoms with Crippen molar-refractivity contribution in [3.8, 4) is 11.9 Å². The summed E-state index contributed by atoms with van der Waals surface area (Å²) in [4.78, 5) is 20.1. The smallest absolute Gasteiger partial charge is 0.272 e. The topological polar surface area (TPSA) is 97.1 Å². The minimum Gasteiger partial charge on any atom is -0.476 e. The molecule has 2 rings (SSSR count). The highest BCUT2D eigenvalue weighted by molar-refractivity contribution is 5.92. The normalized spacial score (nSPS) is 16.6. The second-order valence-electron chi connectivity index (χ2n) is 5.33. The van der Waals surface area contributed by atoms with Crippen molar-refractivity contribution in [2.75, 3.05) is 20.3 Å². The van der Waals surface area contributed by atoms with Crippen LogP contribution in [0.1, 0.15) is 30.3 Å². The van der Waals surface area contributed by atoms with Crippen LogP contribution in [0.2, 0.25) is 0 Å². The van der Waals surface area contributed by atoms with E-state index in [0.717, 1.165) is 0 Å². The van der Waals surface area contributed by atoms with Crippen molar-refractivity contribution in [3.05, 3.63) is 18.1 Å². The minimum atomic E-state index is -1.10. The third-order valence-electron chi connectivity index (χ3n) is 3.09. The molecular weight excluding hydrogens is 272 g/mol. The number of carbonyl (C=O) groups is 1. The van der Waals surface area contributed by atoms with Crippen molar-refractivity contribution in [2.45, 2.75) is 25.3 Å². The van der Waals surface area contributed by atoms with Crippen LogP contribution in [0.5, 0.6) is 5.88 Å². The Hall–Kier alpha value is -2.20. The Balaban J connectivity index is 1.93. The van der Waals surface area contributed by atoms with E-state index in [1.807, 2.05) is 6.07 Å². The molecule has 0 bridgehead atoms. The molecule has 0 spiro atoms. The van der Waals surface area contributed by atoms with Crippen LogP contribution in [0, 0.1) is 17.2 Å². The largest absolute Gasteiger partial charge is 0.476 e. The van der Waals surface area contributed by atoms with Crippen LogP contribution in [0.15, 0.2) is 12.4 Å². The Morgan fingerprint density at radius 2 is 2.29 bits per heavy atom. The van der Waals surface area contributed by atoms with Gasteiger partial charge in [-0.1, -0.05) is 0 Å². The van der Waals surface area contributed by atoms with Crippen LogP contribution in [0.25, 0.3) is 0 Å². The van der Waals surface area contributed by atoms with E-state index in [2.05, 4.69) is 15.3 Å². The van der Waals surface area contributed by atoms with Gasteiger partial charge in [-0.05, 0) is 25.7 Å². The SMILES string of the molecule is COC[C@@](C)(C#N)NC(=O)c1cnc(OCC2CC2)cn1. The van der Waals surface area contributed by atoms with Gasteiger partial charge < -0.3 is 14.8 Å². The fraction of sp³-hybridized carbons (Fsp3) is 0.571. The lowest BCUT2D eigenvalue weighted by molar-refractivity contribution is 0.0854. The summed E-state index contributed by atoms with van der Waals surface area (Å²) < 4.78 is 10.4. The summed E-state index contributed by atoms with van der Waals surface area (Å²) >= 11 is 0. The number of amides is 1. The van der Waals surface area contributed by atoms with Crippen molar-refractivity contribution in [2.24, 2.45) is 5.92 Å². The maximum atomic E-state index is 12.0. The Labute approximate surface area is 123 Å². The number of nitrogens with one attached hydrogen (secondary N) is 1. The van der Waals surface area contributed by atoms with Gasteiger partial charge >= 0.3 is 0 Å². The average Bonchev–Trinajstić information content (AvgIpc) is 3.30. The van der Waals surface area contributed by atoms with Gasteiger partial charge in [0, 0.05) is 7.11 Å². The Bertz CT molecular complexity index is 536. The lowest BCUT2D eigenvalue weighted by Gasteiger charge is -2.21. The second-order valence-corrected chi connectivity index (χ2v) is 5.33. The van der Waals surface area contributed by atoms with Gasteiger partial charge in [-0.2, -0.15) is 5.26 Å². The number of nitrogens with zero attached hydrogens (tertiary/aromatic N) is 3. The van der Waals surface area contributed by atoms with Crippen molar-refractivity contribution >= 4 is 5.91 Å². The number of nitriles is 1. The quantitative estimate of drug-likeness (QED) is 0.802. The predicted octanol–water partition coefficient (Wildman–Crippen LogP) is 0.924. The minimum absolute atomic E-state index is 0.0885. The van der Waals surface area contributed by atoms with Crippen LogP contribution < -0.4 is 10.1 Å². The maximum Gasteiger partial charge on any atom is 0.272 e. The lowest BCUT2D eigenvalue weighted by Crippen LogP contribution is -2.48. The third-order valence-corrected chi connectivity index (χ3v) is 3.09. The average molecular weight is 290 g/mol. The summed E-state index contributed by atoms with van der Waals surface area (Å²) in [6.07, 6.45) is 5.14. The highest BCUT2D eigenvalue weighted by Crippen LogP contribution is 2.29. The number of aromatic nitrogens is 2. The van der Waals surface area contributed by atoms with E-state index in [9.17, 15) is 4.79 Å². The molecule has 7 nitrogen and oxygen atoms in total. The first kappa shape index (κ1) is 15.2. The van der Waals surface area contributed by atoms with Gasteiger partial charge in [0.15, 0.2) is 0 Å². The van der Waals surface area contributed by atoms with Gasteiger partial charge in [-0.3, -0.25) is 4.79 Å². The molecule has 1 aromatic rings. The van der Waals surface area contributed by atoms with Gasteiger partial charge in [0.05, 0.1) is 31.7 Å². The van der Waals surface area contributed by atoms with Crippen LogP contribution in [0.4, 0.5) is 0 Å². The molecule has 1 N–H and O–H groups in total. The van der Waals surface area contributed by atoms with Crippen LogP contribution >= 0.6 is 0 Å². The molecular formula is C14H18N4O3. The Morgan fingerprint density at radius 1 is 1.52 bits per heavy atom. The molecule has 1 amide bonds.